The number of nitrogen functional groups attached to an aromatic ring is 1. The number of oxime groups is 1. The van der Waals surface area contributed by atoms with E-state index < -0.39 is 23.4 Å². The SMILES string of the molecule is CC.C[n+]1cc(-c2ccc3c(c2)CCC(CO/N=C(\C(=O)NC2C(=O)N(OSO)C2(C)C)c2csc(N)n2)O3)cn1CCCN. The van der Waals surface area contributed by atoms with E-state index in [4.69, 9.17) is 29.9 Å². The largest absolute Gasteiger partial charge is 0.486 e. The summed E-state index contributed by atoms with van der Waals surface area (Å²) in [6, 6.07) is 5.24. The lowest BCUT2D eigenvalue weighted by Crippen LogP contribution is -2.76. The van der Waals surface area contributed by atoms with E-state index in [0.717, 1.165) is 58.2 Å². The Labute approximate surface area is 270 Å². The van der Waals surface area contributed by atoms with Gasteiger partial charge >= 0.3 is 0 Å². The van der Waals surface area contributed by atoms with Crippen LogP contribution in [0.1, 0.15) is 51.8 Å². The van der Waals surface area contributed by atoms with Crippen LogP contribution in [0.4, 0.5) is 5.13 Å². The third-order valence-corrected chi connectivity index (χ3v) is 8.38. The minimum absolute atomic E-state index is 0.0510. The summed E-state index contributed by atoms with van der Waals surface area (Å²) in [5.74, 6) is -0.405. The van der Waals surface area contributed by atoms with Gasteiger partial charge in [0.2, 0.25) is 6.20 Å². The maximum absolute atomic E-state index is 13.2. The van der Waals surface area contributed by atoms with Crippen molar-refractivity contribution >= 4 is 46.3 Å². The summed E-state index contributed by atoms with van der Waals surface area (Å²) < 4.78 is 24.2. The number of aryl methyl sites for hydroxylation is 3. The Morgan fingerprint density at radius 3 is 2.80 bits per heavy atom. The summed E-state index contributed by atoms with van der Waals surface area (Å²) in [5, 5.41) is 9.56. The predicted octanol–water partition coefficient (Wildman–Crippen LogP) is 2.67. The second kappa shape index (κ2) is 15.1. The second-order valence-electron chi connectivity index (χ2n) is 10.8. The molecule has 2 atom stereocenters. The summed E-state index contributed by atoms with van der Waals surface area (Å²) in [7, 11) is 2.02. The number of carbonyl (C=O) groups is 2. The van der Waals surface area contributed by atoms with E-state index in [1.165, 1.54) is 0 Å². The fraction of sp³-hybridized carbons (Fsp3) is 0.483. The molecule has 5 rings (SSSR count). The highest BCUT2D eigenvalue weighted by atomic mass is 32.2. The topological polar surface area (TPSA) is 183 Å². The molecule has 14 nitrogen and oxygen atoms in total. The molecule has 45 heavy (non-hydrogen) atoms. The lowest BCUT2D eigenvalue weighted by molar-refractivity contribution is -0.753. The lowest BCUT2D eigenvalue weighted by atomic mass is 9.84. The van der Waals surface area contributed by atoms with Gasteiger partial charge in [0.15, 0.2) is 36.8 Å². The van der Waals surface area contributed by atoms with Gasteiger partial charge in [0.05, 0.1) is 23.8 Å². The van der Waals surface area contributed by atoms with E-state index in [1.807, 2.05) is 33.0 Å². The first-order valence-corrected chi connectivity index (χ1v) is 16.3. The van der Waals surface area contributed by atoms with Crippen molar-refractivity contribution in [1.82, 2.24) is 20.0 Å². The summed E-state index contributed by atoms with van der Waals surface area (Å²) in [5.41, 5.74) is 14.0. The molecule has 0 radical (unpaired) electrons. The van der Waals surface area contributed by atoms with Crippen molar-refractivity contribution in [2.24, 2.45) is 17.9 Å². The standard InChI is InChI=1S/C27H34N8O6S2.C2H6/c1-27(2)23(25(37)35(27)41-43-38)31-24(36)22(20-15-42-26(29)30-20)32-39-14-19-7-5-17-11-16(6-8-21(17)40-19)18-12-33(3)34(13-18)10-4-9-28;1-2/h6,8,11-13,15,19,23H,4-5,7,9-10,14,28H2,1-3H3,(H3-,29,30,31,36,38);1-2H3/p+1/b32-22-;. The number of nitrogens with two attached hydrogens (primary N) is 2. The van der Waals surface area contributed by atoms with Gasteiger partial charge in [-0.1, -0.05) is 25.1 Å². The molecule has 244 valence electrons. The van der Waals surface area contributed by atoms with Gasteiger partial charge in [-0.15, -0.1) is 16.0 Å². The zero-order chi connectivity index (χ0) is 32.7. The molecule has 2 aromatic heterocycles. The number of ether oxygens (including phenoxy) is 1. The predicted molar refractivity (Wildman–Crippen MR) is 172 cm³/mol. The Morgan fingerprint density at radius 2 is 2.13 bits per heavy atom. The van der Waals surface area contributed by atoms with E-state index in [9.17, 15) is 9.59 Å². The number of fused-ring (bicyclic) bond motifs is 1. The van der Waals surface area contributed by atoms with Gasteiger partial charge in [0.1, 0.15) is 23.6 Å². The molecule has 3 aromatic rings. The van der Waals surface area contributed by atoms with Crippen LogP contribution in [-0.4, -0.2) is 67.6 Å². The first-order chi connectivity index (χ1) is 21.6. The van der Waals surface area contributed by atoms with Gasteiger partial charge in [0, 0.05) is 5.38 Å². The van der Waals surface area contributed by atoms with E-state index in [-0.39, 0.29) is 41.6 Å². The molecule has 0 aliphatic carbocycles. The Morgan fingerprint density at radius 1 is 1.36 bits per heavy atom. The molecule has 6 N–H and O–H groups in total. The second-order valence-corrected chi connectivity index (χ2v) is 12.0. The maximum atomic E-state index is 13.2. The van der Waals surface area contributed by atoms with Crippen LogP contribution in [0.25, 0.3) is 11.1 Å². The number of hydrogen-bond donors (Lipinski definition) is 4. The number of carbonyl (C=O) groups excluding carboxylic acids is 2. The van der Waals surface area contributed by atoms with E-state index in [0.29, 0.717) is 13.0 Å². The normalized spacial score (nSPS) is 18.7. The lowest BCUT2D eigenvalue weighted by Gasteiger charge is -2.50. The van der Waals surface area contributed by atoms with E-state index in [2.05, 4.69) is 43.3 Å². The van der Waals surface area contributed by atoms with Crippen molar-refractivity contribution in [1.29, 1.82) is 0 Å². The Hall–Kier alpha value is -3.70. The highest BCUT2D eigenvalue weighted by Crippen LogP contribution is 2.34. The number of rotatable bonds is 12. The monoisotopic (exact) mass is 661 g/mol. The van der Waals surface area contributed by atoms with Crippen LogP contribution in [0, 0.1) is 0 Å². The molecule has 1 fully saturated rings. The summed E-state index contributed by atoms with van der Waals surface area (Å²) in [4.78, 5) is 35.5. The number of thiazole rings is 1. The Kier molecular flexibility index (Phi) is 11.4. The third kappa shape index (κ3) is 7.58. The third-order valence-electron chi connectivity index (χ3n) is 7.49. The van der Waals surface area contributed by atoms with Gasteiger partial charge in [-0.2, -0.15) is 14.0 Å². The number of β-lactam (4-membered cyclic amide) rings is 1. The first-order valence-electron chi connectivity index (χ1n) is 14.7. The highest BCUT2D eigenvalue weighted by Gasteiger charge is 2.57. The minimum Gasteiger partial charge on any atom is -0.486 e. The number of nitrogens with zero attached hydrogens (tertiary/aromatic N) is 5. The zero-order valence-electron chi connectivity index (χ0n) is 26.1. The fourth-order valence-corrected chi connectivity index (χ4v) is 5.95. The van der Waals surface area contributed by atoms with Gasteiger partial charge in [0.25, 0.3) is 11.8 Å². The summed E-state index contributed by atoms with van der Waals surface area (Å²) in [6.07, 6.45) is 6.34. The number of hydrogen-bond acceptors (Lipinski definition) is 12. The van der Waals surface area contributed by atoms with Crippen molar-refractivity contribution in [3.8, 4) is 16.9 Å². The zero-order valence-corrected chi connectivity index (χ0v) is 27.7. The van der Waals surface area contributed by atoms with E-state index in [1.54, 1.807) is 19.2 Å². The molecule has 16 heteroatoms. The minimum atomic E-state index is -0.914. The molecule has 0 bridgehead atoms. The van der Waals surface area contributed by atoms with Gasteiger partial charge in [-0.25, -0.2) is 4.98 Å². The number of aromatic nitrogens is 3. The maximum Gasteiger partial charge on any atom is 0.276 e. The van der Waals surface area contributed by atoms with Gasteiger partial charge < -0.3 is 30.9 Å². The average Bonchev–Trinajstić information content (AvgIpc) is 3.64. The summed E-state index contributed by atoms with van der Waals surface area (Å²) >= 11 is 1.20. The molecule has 0 spiro atoms. The number of hydroxylamine groups is 2. The van der Waals surface area contributed by atoms with Gasteiger partial charge in [-0.05, 0) is 62.9 Å². The molecular formula is C29H41N8O6S2+. The number of anilines is 1. The van der Waals surface area contributed by atoms with E-state index >= 15 is 0 Å². The molecule has 2 unspecified atom stereocenters. The number of benzene rings is 1. The van der Waals surface area contributed by atoms with Crippen molar-refractivity contribution in [2.45, 2.75) is 71.2 Å². The average molecular weight is 662 g/mol. The molecule has 1 aromatic carbocycles. The van der Waals surface area contributed by atoms with Crippen LogP contribution >= 0.6 is 23.7 Å². The number of amides is 2. The van der Waals surface area contributed by atoms with Crippen LogP contribution in [0.3, 0.4) is 0 Å². The quantitative estimate of drug-likeness (QED) is 0.0740. The van der Waals surface area contributed by atoms with Crippen LogP contribution in [-0.2, 0) is 38.7 Å². The molecule has 2 aliphatic rings. The number of nitrogens with one attached hydrogen (secondary N) is 1. The Balaban J connectivity index is 0.00000226. The molecule has 2 aliphatic heterocycles. The van der Waals surface area contributed by atoms with Crippen LogP contribution < -0.4 is 26.2 Å². The van der Waals surface area contributed by atoms with Crippen LogP contribution in [0.15, 0.2) is 41.1 Å². The highest BCUT2D eigenvalue weighted by molar-refractivity contribution is 7.88. The molecular weight excluding hydrogens is 621 g/mol. The molecule has 2 amide bonds. The van der Waals surface area contributed by atoms with Crippen molar-refractivity contribution in [3.63, 3.8) is 0 Å². The molecule has 1 saturated heterocycles. The van der Waals surface area contributed by atoms with Crippen molar-refractivity contribution < 1.29 is 32.7 Å². The Bertz CT molecular complexity index is 1520. The van der Waals surface area contributed by atoms with Crippen LogP contribution in [0.2, 0.25) is 0 Å². The van der Waals surface area contributed by atoms with Crippen molar-refractivity contribution in [3.05, 3.63) is 47.2 Å². The van der Waals surface area contributed by atoms with Crippen molar-refractivity contribution in [2.75, 3.05) is 18.9 Å². The molecule has 0 saturated carbocycles. The molecule has 4 heterocycles. The van der Waals surface area contributed by atoms with Crippen LogP contribution in [0.5, 0.6) is 5.75 Å². The first kappa shape index (κ1) is 34.2. The smallest absolute Gasteiger partial charge is 0.276 e. The fourth-order valence-electron chi connectivity index (χ4n) is 5.07. The summed E-state index contributed by atoms with van der Waals surface area (Å²) in [6.45, 7) is 8.97. The van der Waals surface area contributed by atoms with Gasteiger partial charge in [-0.3, -0.25) is 9.59 Å².